The Kier molecular flexibility index (Phi) is 4.55. The molecule has 7 nitrogen and oxygen atoms in total. The van der Waals surface area contributed by atoms with E-state index >= 15 is 0 Å². The first kappa shape index (κ1) is 18.1. The van der Waals surface area contributed by atoms with Crippen molar-refractivity contribution in [1.82, 2.24) is 10.2 Å². The summed E-state index contributed by atoms with van der Waals surface area (Å²) in [4.78, 5) is 12.1. The smallest absolute Gasteiger partial charge is 0.267 e. The lowest BCUT2D eigenvalue weighted by Crippen LogP contribution is -2.33. The van der Waals surface area contributed by atoms with Gasteiger partial charge >= 0.3 is 0 Å². The molecule has 0 aliphatic carbocycles. The van der Waals surface area contributed by atoms with E-state index in [4.69, 9.17) is 5.14 Å². The molecule has 0 fully saturated rings. The van der Waals surface area contributed by atoms with Gasteiger partial charge in [-0.2, -0.15) is 13.5 Å². The minimum absolute atomic E-state index is 0.211. The SMILES string of the molecule is Cc1cc2c(Cc3ccc(N(C)S(N)(=O)=O)cc3)n[nH]c(=O)c2cc1C. The van der Waals surface area contributed by atoms with E-state index in [1.54, 1.807) is 12.1 Å². The summed E-state index contributed by atoms with van der Waals surface area (Å²) in [5.74, 6) is 0. The van der Waals surface area contributed by atoms with E-state index in [2.05, 4.69) is 10.2 Å². The highest BCUT2D eigenvalue weighted by atomic mass is 32.2. The number of aromatic amines is 1. The van der Waals surface area contributed by atoms with Gasteiger partial charge in [0.25, 0.3) is 15.8 Å². The van der Waals surface area contributed by atoms with Gasteiger partial charge in [0.15, 0.2) is 0 Å². The van der Waals surface area contributed by atoms with E-state index in [-0.39, 0.29) is 5.56 Å². The number of nitrogens with two attached hydrogens (primary N) is 1. The molecule has 1 aromatic heterocycles. The summed E-state index contributed by atoms with van der Waals surface area (Å²) in [5.41, 5.74) is 4.11. The number of nitrogens with zero attached hydrogens (tertiary/aromatic N) is 2. The van der Waals surface area contributed by atoms with Crippen LogP contribution in [0.4, 0.5) is 5.69 Å². The average molecular weight is 372 g/mol. The molecule has 2 aromatic carbocycles. The molecular weight excluding hydrogens is 352 g/mol. The van der Waals surface area contributed by atoms with Crippen LogP contribution in [0.25, 0.3) is 10.8 Å². The number of aromatic nitrogens is 2. The molecule has 0 aliphatic heterocycles. The van der Waals surface area contributed by atoms with Crippen LogP contribution in [0.2, 0.25) is 0 Å². The Morgan fingerprint density at radius 2 is 1.65 bits per heavy atom. The molecule has 3 aromatic rings. The van der Waals surface area contributed by atoms with Crippen molar-refractivity contribution in [2.75, 3.05) is 11.4 Å². The predicted molar refractivity (Wildman–Crippen MR) is 103 cm³/mol. The maximum Gasteiger partial charge on any atom is 0.298 e. The minimum Gasteiger partial charge on any atom is -0.267 e. The Morgan fingerprint density at radius 3 is 2.23 bits per heavy atom. The molecule has 0 unspecified atom stereocenters. The lowest BCUT2D eigenvalue weighted by molar-refractivity contribution is 0.596. The normalized spacial score (nSPS) is 11.7. The lowest BCUT2D eigenvalue weighted by Gasteiger charge is -2.16. The molecular formula is C18H20N4O3S. The zero-order valence-electron chi connectivity index (χ0n) is 14.8. The van der Waals surface area contributed by atoms with Crippen LogP contribution < -0.4 is 15.0 Å². The molecule has 0 amide bonds. The fourth-order valence-corrected chi connectivity index (χ4v) is 3.20. The van der Waals surface area contributed by atoms with Crippen molar-refractivity contribution in [3.63, 3.8) is 0 Å². The fraction of sp³-hybridized carbons (Fsp3) is 0.222. The Morgan fingerprint density at radius 1 is 1.08 bits per heavy atom. The van der Waals surface area contributed by atoms with Gasteiger partial charge in [0.2, 0.25) is 0 Å². The molecule has 0 bridgehead atoms. The Hall–Kier alpha value is -2.71. The van der Waals surface area contributed by atoms with Gasteiger partial charge in [-0.25, -0.2) is 10.2 Å². The third kappa shape index (κ3) is 3.47. The number of H-pyrrole nitrogens is 1. The van der Waals surface area contributed by atoms with Crippen molar-refractivity contribution in [2.24, 2.45) is 5.14 Å². The van der Waals surface area contributed by atoms with Crippen molar-refractivity contribution in [3.8, 4) is 0 Å². The Balaban J connectivity index is 1.98. The topological polar surface area (TPSA) is 109 Å². The van der Waals surface area contributed by atoms with E-state index < -0.39 is 10.2 Å². The average Bonchev–Trinajstić information content (AvgIpc) is 2.58. The maximum atomic E-state index is 12.1. The first-order chi connectivity index (χ1) is 12.2. The van der Waals surface area contributed by atoms with Crippen LogP contribution in [0, 0.1) is 13.8 Å². The molecule has 0 saturated heterocycles. The van der Waals surface area contributed by atoms with Gasteiger partial charge in [-0.15, -0.1) is 0 Å². The molecule has 0 saturated carbocycles. The lowest BCUT2D eigenvalue weighted by atomic mass is 10.00. The van der Waals surface area contributed by atoms with Crippen LogP contribution in [0.5, 0.6) is 0 Å². The van der Waals surface area contributed by atoms with Crippen LogP contribution in [0.3, 0.4) is 0 Å². The van der Waals surface area contributed by atoms with Crippen molar-refractivity contribution in [3.05, 3.63) is 69.1 Å². The first-order valence-electron chi connectivity index (χ1n) is 8.01. The molecule has 0 aliphatic rings. The highest BCUT2D eigenvalue weighted by Crippen LogP contribution is 2.22. The fourth-order valence-electron chi connectivity index (χ4n) is 2.78. The molecule has 136 valence electrons. The summed E-state index contributed by atoms with van der Waals surface area (Å²) in [6.07, 6.45) is 0.509. The predicted octanol–water partition coefficient (Wildman–Crippen LogP) is 1.77. The van der Waals surface area contributed by atoms with Gasteiger partial charge in [0, 0.05) is 18.9 Å². The molecule has 3 rings (SSSR count). The summed E-state index contributed by atoms with van der Waals surface area (Å²) in [6.45, 7) is 3.96. The van der Waals surface area contributed by atoms with Crippen LogP contribution in [-0.2, 0) is 16.6 Å². The van der Waals surface area contributed by atoms with E-state index in [0.717, 1.165) is 32.1 Å². The van der Waals surface area contributed by atoms with Gasteiger partial charge in [-0.05, 0) is 54.8 Å². The standard InChI is InChI=1S/C18H20N4O3S/c1-11-8-15-16(9-12(11)2)18(23)21-20-17(15)10-13-4-6-14(7-5-13)22(3)26(19,24)25/h4-9H,10H2,1-3H3,(H,21,23)(H2,19,24,25). The number of benzene rings is 2. The molecule has 0 atom stereocenters. The van der Waals surface area contributed by atoms with Crippen LogP contribution in [-0.4, -0.2) is 25.7 Å². The number of rotatable bonds is 4. The zero-order valence-corrected chi connectivity index (χ0v) is 15.6. The number of aryl methyl sites for hydroxylation is 2. The second kappa shape index (κ2) is 6.54. The van der Waals surface area contributed by atoms with Crippen molar-refractivity contribution in [1.29, 1.82) is 0 Å². The van der Waals surface area contributed by atoms with E-state index in [1.807, 2.05) is 38.1 Å². The van der Waals surface area contributed by atoms with E-state index in [1.165, 1.54) is 7.05 Å². The van der Waals surface area contributed by atoms with Crippen molar-refractivity contribution < 1.29 is 8.42 Å². The summed E-state index contributed by atoms with van der Waals surface area (Å²) >= 11 is 0. The number of hydrogen-bond acceptors (Lipinski definition) is 4. The third-order valence-corrected chi connectivity index (χ3v) is 5.51. The highest BCUT2D eigenvalue weighted by molar-refractivity contribution is 7.90. The molecule has 26 heavy (non-hydrogen) atoms. The Labute approximate surface area is 151 Å². The second-order valence-electron chi connectivity index (χ2n) is 6.34. The molecule has 1 heterocycles. The van der Waals surface area contributed by atoms with Crippen molar-refractivity contribution in [2.45, 2.75) is 20.3 Å². The third-order valence-electron chi connectivity index (χ3n) is 4.54. The maximum absolute atomic E-state index is 12.1. The summed E-state index contributed by atoms with van der Waals surface area (Å²) in [5, 5.41) is 13.3. The van der Waals surface area contributed by atoms with Crippen LogP contribution >= 0.6 is 0 Å². The first-order valence-corrected chi connectivity index (χ1v) is 9.51. The van der Waals surface area contributed by atoms with Crippen LogP contribution in [0.15, 0.2) is 41.2 Å². The van der Waals surface area contributed by atoms with E-state index in [0.29, 0.717) is 17.5 Å². The summed E-state index contributed by atoms with van der Waals surface area (Å²) in [7, 11) is -2.39. The number of hydrogen-bond donors (Lipinski definition) is 2. The molecule has 8 heteroatoms. The summed E-state index contributed by atoms with van der Waals surface area (Å²) in [6, 6.07) is 10.9. The van der Waals surface area contributed by atoms with E-state index in [9.17, 15) is 13.2 Å². The van der Waals surface area contributed by atoms with Gasteiger partial charge in [-0.3, -0.25) is 9.10 Å². The van der Waals surface area contributed by atoms with Crippen LogP contribution in [0.1, 0.15) is 22.4 Å². The van der Waals surface area contributed by atoms with Gasteiger partial charge < -0.3 is 0 Å². The monoisotopic (exact) mass is 372 g/mol. The number of nitrogens with one attached hydrogen (secondary N) is 1. The largest absolute Gasteiger partial charge is 0.298 e. The van der Waals surface area contributed by atoms with Gasteiger partial charge in [-0.1, -0.05) is 12.1 Å². The quantitative estimate of drug-likeness (QED) is 0.727. The molecule has 3 N–H and O–H groups in total. The minimum atomic E-state index is -3.79. The Bertz CT molecular complexity index is 1140. The number of anilines is 1. The second-order valence-corrected chi connectivity index (χ2v) is 7.91. The van der Waals surface area contributed by atoms with Crippen molar-refractivity contribution >= 4 is 26.7 Å². The molecule has 0 spiro atoms. The molecule has 0 radical (unpaired) electrons. The highest BCUT2D eigenvalue weighted by Gasteiger charge is 2.13. The van der Waals surface area contributed by atoms with Gasteiger partial charge in [0.1, 0.15) is 0 Å². The number of fused-ring (bicyclic) bond motifs is 1. The summed E-state index contributed by atoms with van der Waals surface area (Å²) < 4.78 is 23.8. The zero-order chi connectivity index (χ0) is 19.1. The van der Waals surface area contributed by atoms with Gasteiger partial charge in [0.05, 0.1) is 16.8 Å².